The molecule has 2 aliphatic carbocycles. The molecule has 2 aliphatic rings. The molecule has 0 aromatic heterocycles. The summed E-state index contributed by atoms with van der Waals surface area (Å²) in [6.07, 6.45) is -3.55. The van der Waals surface area contributed by atoms with Gasteiger partial charge in [0.25, 0.3) is 0 Å². The molecule has 114 heavy (non-hydrogen) atoms. The maximum Gasteiger partial charge on any atom is 0.407 e. The van der Waals surface area contributed by atoms with Crippen molar-refractivity contribution in [3.05, 3.63) is 85.0 Å². The Morgan fingerprint density at radius 1 is 0.561 bits per heavy atom. The summed E-state index contributed by atoms with van der Waals surface area (Å²) in [6.45, 7) is 22.0. The molecule has 12 atom stereocenters. The molecule has 33 nitrogen and oxygen atoms in total. The zero-order chi connectivity index (χ0) is 83.5. The Bertz CT molecular complexity index is 3600. The average molecular weight is 1620 g/mol. The van der Waals surface area contributed by atoms with Gasteiger partial charge in [-0.15, -0.1) is 0 Å². The van der Waals surface area contributed by atoms with Crippen LogP contribution in [0.5, 0.6) is 0 Å². The number of carbonyl (C=O) groups excluding carboxylic acids is 15. The Kier molecular flexibility index (Phi) is 44.2. The lowest BCUT2D eigenvalue weighted by Crippen LogP contribution is -2.63. The van der Waals surface area contributed by atoms with Crippen LogP contribution in [0.2, 0.25) is 0 Å². The van der Waals surface area contributed by atoms with Crippen LogP contribution in [0.15, 0.2) is 73.8 Å². The number of fused-ring (bicyclic) bond motifs is 3. The number of amides is 9. The van der Waals surface area contributed by atoms with Crippen LogP contribution >= 0.6 is 11.8 Å². The molecule has 5 unspecified atom stereocenters. The Labute approximate surface area is 671 Å². The number of ketones is 2. The normalized spacial score (nSPS) is 16.0. The van der Waals surface area contributed by atoms with Gasteiger partial charge in [0.15, 0.2) is 0 Å². The van der Waals surface area contributed by atoms with Gasteiger partial charge in [-0.2, -0.15) is 0 Å². The number of carbonyl (C=O) groups is 16. The van der Waals surface area contributed by atoms with Gasteiger partial charge < -0.3 is 87.4 Å². The van der Waals surface area contributed by atoms with Gasteiger partial charge in [0, 0.05) is 43.4 Å². The molecule has 2 aromatic rings. The van der Waals surface area contributed by atoms with Crippen LogP contribution in [-0.2, 0) is 90.9 Å². The lowest BCUT2D eigenvalue weighted by Gasteiger charge is -2.36. The number of carboxylic acid groups (broad SMARTS) is 1. The van der Waals surface area contributed by atoms with Gasteiger partial charge in [0.2, 0.25) is 52.4 Å². The minimum absolute atomic E-state index is 0. The topological polar surface area (TPSA) is 491 Å². The third kappa shape index (κ3) is 33.3. The number of hydrogen-bond acceptors (Lipinski definition) is 24. The van der Waals surface area contributed by atoms with E-state index >= 15 is 0 Å². The Morgan fingerprint density at radius 3 is 1.53 bits per heavy atom. The largest absolute Gasteiger partial charge is 0.481 e. The van der Waals surface area contributed by atoms with Crippen LogP contribution in [-0.4, -0.2) is 221 Å². The quantitative estimate of drug-likeness (QED) is 0.0147. The first kappa shape index (κ1) is 100. The number of benzene rings is 2. The Morgan fingerprint density at radius 2 is 1.03 bits per heavy atom. The zero-order valence-electron chi connectivity index (χ0n) is 65.4. The van der Waals surface area contributed by atoms with E-state index in [0.29, 0.717) is 31.1 Å². The number of Topliss-reactive ketones (excluding diaryl/α,β-unsaturated/α-hetero) is 2. The van der Waals surface area contributed by atoms with Crippen LogP contribution in [0.4, 0.5) is 4.79 Å². The number of aliphatic hydroxyl groups excluding tert-OH is 2. The average Bonchev–Trinajstić information content (AvgIpc) is 1.61. The van der Waals surface area contributed by atoms with Crippen LogP contribution in [0, 0.1) is 23.2 Å². The third-order valence-corrected chi connectivity index (χ3v) is 19.5. The molecule has 0 spiro atoms. The van der Waals surface area contributed by atoms with Crippen molar-refractivity contribution < 1.29 is 111 Å². The van der Waals surface area contributed by atoms with E-state index in [9.17, 15) is 92.0 Å². The number of aliphatic hydroxyl groups is 2. The molecular weight excluding hydrogens is 1500 g/mol. The molecule has 9 amide bonds. The monoisotopic (exact) mass is 1620 g/mol. The fourth-order valence-corrected chi connectivity index (χ4v) is 13.4. The van der Waals surface area contributed by atoms with Crippen LogP contribution in [0.1, 0.15) is 185 Å². The molecule has 13 N–H and O–H groups in total. The summed E-state index contributed by atoms with van der Waals surface area (Å²) >= 11 is 0.714. The zero-order valence-corrected chi connectivity index (χ0v) is 66.2. The number of thioether (sulfide) groups is 1. The summed E-state index contributed by atoms with van der Waals surface area (Å²) in [5.41, 5.74) is 3.27. The van der Waals surface area contributed by atoms with Crippen molar-refractivity contribution in [1.82, 2.24) is 53.2 Å². The van der Waals surface area contributed by atoms with Gasteiger partial charge in [-0.05, 0) is 112 Å². The van der Waals surface area contributed by atoms with E-state index in [1.165, 1.54) is 26.0 Å². The second-order valence-electron chi connectivity index (χ2n) is 29.0. The lowest BCUT2D eigenvalue weighted by atomic mass is 9.68. The standard InChI is InChI=1S/C78H112N10O23S.2CH4/c1-13-34-109-61(95)30-28-54(83-71(101)53(27-21-22-33-79-56(37-43(5)6)65-58(91)39-78(11,12)40-59(65)92)85-77(107)111-42-52-50-25-19-17-23-48(50)49-24-18-20-26-51(49)52)70(100)81-45(8)69(99)82-55(29-31-62(96)110-35-14-2)72(102)84-57(38-60(93)94)73(103)86-66(44(7)15-3)75(105)88-68(47(10)90)76(106)87-67(46(9)89)74(104)80-41-64(98)112-36-32-63(97)108-16-4;;/h13-14,17-20,23-26,43-47,52-57,65-68,79,89-90H,1-2,15-16,21-22,27-42H2,3-12H3,(H,80,104)(H,81,100)(H,82,99)(H,83,101)(H,84,102)(H,85,107)(H,86,103)(H,87,106)(H,88,105)(H,93,94);2*1H4/t44?,45-,46?,47?,53?,54-,55-,56?,57-,66-,67-,68-;;/m0../s1. The minimum Gasteiger partial charge on any atom is -0.481 e. The van der Waals surface area contributed by atoms with Crippen molar-refractivity contribution in [1.29, 1.82) is 0 Å². The van der Waals surface area contributed by atoms with Crippen molar-refractivity contribution >= 4 is 106 Å². The van der Waals surface area contributed by atoms with Gasteiger partial charge in [-0.1, -0.05) is 148 Å². The van der Waals surface area contributed by atoms with E-state index in [1.807, 2.05) is 76.2 Å². The van der Waals surface area contributed by atoms with Gasteiger partial charge in [-0.25, -0.2) is 4.79 Å². The fraction of sp³-hybridized carbons (Fsp3) is 0.600. The summed E-state index contributed by atoms with van der Waals surface area (Å²) in [5, 5.41) is 55.7. The summed E-state index contributed by atoms with van der Waals surface area (Å²) in [7, 11) is 0. The van der Waals surface area contributed by atoms with E-state index in [-0.39, 0.29) is 109 Å². The van der Waals surface area contributed by atoms with Crippen LogP contribution in [0.25, 0.3) is 11.1 Å². The molecule has 1 fully saturated rings. The van der Waals surface area contributed by atoms with E-state index in [4.69, 9.17) is 18.9 Å². The van der Waals surface area contributed by atoms with Gasteiger partial charge >= 0.3 is 30.0 Å². The predicted octanol–water partition coefficient (Wildman–Crippen LogP) is 3.96. The van der Waals surface area contributed by atoms with Crippen molar-refractivity contribution in [2.45, 2.75) is 240 Å². The van der Waals surface area contributed by atoms with Crippen molar-refractivity contribution in [2.24, 2.45) is 23.2 Å². The molecule has 34 heteroatoms. The number of alkyl carbamates (subject to hydrolysis) is 1. The smallest absolute Gasteiger partial charge is 0.407 e. The van der Waals surface area contributed by atoms with Crippen molar-refractivity contribution in [2.75, 3.05) is 45.3 Å². The predicted molar refractivity (Wildman–Crippen MR) is 424 cm³/mol. The molecular formula is C80H120N10O23S. The summed E-state index contributed by atoms with van der Waals surface area (Å²) in [6, 6.07) is 0.815. The van der Waals surface area contributed by atoms with E-state index in [0.717, 1.165) is 36.1 Å². The van der Waals surface area contributed by atoms with Gasteiger partial charge in [0.1, 0.15) is 79.7 Å². The maximum absolute atomic E-state index is 14.7. The summed E-state index contributed by atoms with van der Waals surface area (Å²) < 4.78 is 20.9. The van der Waals surface area contributed by atoms with Crippen LogP contribution in [0.3, 0.4) is 0 Å². The Balaban J connectivity index is 0.0000220. The number of aliphatic carboxylic acids is 1. The van der Waals surface area contributed by atoms with Gasteiger partial charge in [-0.3, -0.25) is 71.9 Å². The van der Waals surface area contributed by atoms with E-state index < -0.39 is 205 Å². The van der Waals surface area contributed by atoms with Crippen molar-refractivity contribution in [3.63, 3.8) is 0 Å². The molecule has 634 valence electrons. The van der Waals surface area contributed by atoms with Crippen molar-refractivity contribution in [3.8, 4) is 11.1 Å². The second kappa shape index (κ2) is 50.3. The highest BCUT2D eigenvalue weighted by molar-refractivity contribution is 8.13. The number of carboxylic acids is 1. The molecule has 4 rings (SSSR count). The number of hydrogen-bond donors (Lipinski definition) is 13. The molecule has 0 bridgehead atoms. The van der Waals surface area contributed by atoms with E-state index in [2.05, 4.69) is 66.3 Å². The highest BCUT2D eigenvalue weighted by atomic mass is 32.2. The molecule has 2 aromatic carbocycles. The highest BCUT2D eigenvalue weighted by Crippen LogP contribution is 2.44. The van der Waals surface area contributed by atoms with Crippen LogP contribution < -0.4 is 53.2 Å². The lowest BCUT2D eigenvalue weighted by molar-refractivity contribution is -0.144. The molecule has 0 aliphatic heterocycles. The van der Waals surface area contributed by atoms with E-state index in [1.54, 1.807) is 13.8 Å². The number of esters is 3. The first-order chi connectivity index (χ1) is 52.9. The first-order valence-electron chi connectivity index (χ1n) is 37.7. The Hall–Kier alpha value is -9.93. The number of nitrogens with one attached hydrogen (secondary N) is 10. The number of unbranched alkanes of at least 4 members (excludes halogenated alkanes) is 1. The number of rotatable bonds is 49. The molecule has 0 radical (unpaired) electrons. The number of ether oxygens (including phenoxy) is 4. The molecule has 0 saturated heterocycles. The SMILES string of the molecule is C.C.C=CCOC(=O)CC[C@H](NC(=O)C(CCCCNC(CC(C)C)C1C(=O)CC(C)(C)CC1=O)NC(=O)OCC1c2ccccc2-c2ccccc21)C(=O)N[C@@H](C)C(=O)N[C@@H](CCC(=O)OCC=C)C(=O)N[C@@H](CC(=O)O)C(=O)N[C@H](C(=O)N[C@H](C(=O)N[C@H](C(=O)NCC(=O)SCCC(=O)OCC)C(C)O)C(C)O)C(C)CC. The first-order valence-corrected chi connectivity index (χ1v) is 38.7. The summed E-state index contributed by atoms with van der Waals surface area (Å²) in [4.78, 5) is 217. The fourth-order valence-electron chi connectivity index (χ4n) is 12.7. The van der Waals surface area contributed by atoms with Gasteiger partial charge in [0.05, 0.1) is 44.1 Å². The second-order valence-corrected chi connectivity index (χ2v) is 30.1. The molecule has 1 saturated carbocycles. The summed E-state index contributed by atoms with van der Waals surface area (Å²) in [5.74, 6) is -15.3. The highest BCUT2D eigenvalue weighted by Gasteiger charge is 2.44. The minimum atomic E-state index is -2.07. The molecule has 0 heterocycles. The maximum atomic E-state index is 14.7. The third-order valence-electron chi connectivity index (χ3n) is 18.6.